The first-order valence-corrected chi connectivity index (χ1v) is 11.1. The van der Waals surface area contributed by atoms with Crippen LogP contribution in [0.4, 0.5) is 10.5 Å². The molecule has 0 spiro atoms. The fraction of sp³-hybridized carbons (Fsp3) is 0.0833. The number of anilines is 1. The second kappa shape index (κ2) is 9.86. The number of hydrogen-bond acceptors (Lipinski definition) is 4. The normalized spacial score (nSPS) is 11.6. The molecule has 0 saturated heterocycles. The molecule has 7 heteroatoms. The molecule has 31 heavy (non-hydrogen) atoms. The number of rotatable bonds is 7. The molecule has 2 amide bonds. The van der Waals surface area contributed by atoms with Crippen LogP contribution in [-0.2, 0) is 23.1 Å². The first kappa shape index (κ1) is 20.6. The Balaban J connectivity index is 1.31. The van der Waals surface area contributed by atoms with Crippen LogP contribution in [0.15, 0.2) is 100 Å². The maximum atomic E-state index is 12.5. The van der Waals surface area contributed by atoms with E-state index in [-0.39, 0.29) is 12.6 Å². The summed E-state index contributed by atoms with van der Waals surface area (Å²) in [5.74, 6) is 1.44. The molecule has 4 rings (SSSR count). The zero-order valence-electron chi connectivity index (χ0n) is 16.7. The van der Waals surface area contributed by atoms with Crippen LogP contribution in [-0.4, -0.2) is 15.2 Å². The third-order valence-corrected chi connectivity index (χ3v) is 5.89. The quantitative estimate of drug-likeness (QED) is 0.433. The molecule has 0 bridgehead atoms. The maximum absolute atomic E-state index is 12.5. The molecule has 0 saturated carbocycles. The Kier molecular flexibility index (Phi) is 6.54. The second-order valence-corrected chi connectivity index (χ2v) is 8.25. The predicted octanol–water partition coefficient (Wildman–Crippen LogP) is 4.97. The molecule has 156 valence electrons. The number of oxazole rings is 1. The fourth-order valence-electron chi connectivity index (χ4n) is 3.00. The molecule has 0 fully saturated rings. The van der Waals surface area contributed by atoms with E-state index in [1.165, 1.54) is 0 Å². The molecule has 1 aromatic heterocycles. The van der Waals surface area contributed by atoms with E-state index in [1.54, 1.807) is 12.3 Å². The van der Waals surface area contributed by atoms with Crippen LogP contribution in [0.2, 0.25) is 0 Å². The van der Waals surface area contributed by atoms with Gasteiger partial charge in [0.1, 0.15) is 0 Å². The minimum Gasteiger partial charge on any atom is -0.439 e. The van der Waals surface area contributed by atoms with Gasteiger partial charge in [-0.05, 0) is 29.8 Å². The van der Waals surface area contributed by atoms with Crippen molar-refractivity contribution in [3.63, 3.8) is 0 Å². The van der Waals surface area contributed by atoms with Crippen molar-refractivity contribution in [1.29, 1.82) is 0 Å². The molecule has 0 aliphatic heterocycles. The van der Waals surface area contributed by atoms with Gasteiger partial charge in [0, 0.05) is 16.1 Å². The van der Waals surface area contributed by atoms with Crippen molar-refractivity contribution in [3.05, 3.63) is 103 Å². The van der Waals surface area contributed by atoms with Crippen LogP contribution in [0.5, 0.6) is 0 Å². The van der Waals surface area contributed by atoms with Gasteiger partial charge in [0.05, 0.1) is 29.3 Å². The number of urea groups is 1. The first-order valence-electron chi connectivity index (χ1n) is 9.75. The molecule has 2 N–H and O–H groups in total. The highest BCUT2D eigenvalue weighted by atomic mass is 32.2. The van der Waals surface area contributed by atoms with Crippen LogP contribution in [0.25, 0.3) is 11.3 Å². The Morgan fingerprint density at radius 1 is 0.935 bits per heavy atom. The van der Waals surface area contributed by atoms with E-state index in [2.05, 4.69) is 15.6 Å². The summed E-state index contributed by atoms with van der Waals surface area (Å²) in [7, 11) is -1.15. The third kappa shape index (κ3) is 5.67. The van der Waals surface area contributed by atoms with E-state index in [0.29, 0.717) is 23.1 Å². The molecule has 1 atom stereocenters. The van der Waals surface area contributed by atoms with Gasteiger partial charge in [-0.1, -0.05) is 60.7 Å². The summed E-state index contributed by atoms with van der Waals surface area (Å²) in [6.07, 6.45) is 1.64. The molecule has 0 aliphatic carbocycles. The molecular weight excluding hydrogens is 410 g/mol. The van der Waals surface area contributed by atoms with Crippen LogP contribution >= 0.6 is 0 Å². The minimum atomic E-state index is -1.15. The van der Waals surface area contributed by atoms with E-state index >= 15 is 0 Å². The molecule has 0 aliphatic rings. The van der Waals surface area contributed by atoms with Gasteiger partial charge in [-0.25, -0.2) is 9.78 Å². The lowest BCUT2D eigenvalue weighted by atomic mass is 10.2. The van der Waals surface area contributed by atoms with Gasteiger partial charge in [0.15, 0.2) is 5.76 Å². The predicted molar refractivity (Wildman–Crippen MR) is 121 cm³/mol. The zero-order chi connectivity index (χ0) is 21.5. The summed E-state index contributed by atoms with van der Waals surface area (Å²) in [4.78, 5) is 17.2. The van der Waals surface area contributed by atoms with Crippen molar-refractivity contribution >= 4 is 22.5 Å². The summed E-state index contributed by atoms with van der Waals surface area (Å²) >= 11 is 0. The number of nitrogens with one attached hydrogen (secondary N) is 2. The van der Waals surface area contributed by atoms with Crippen LogP contribution in [0.1, 0.15) is 11.5 Å². The molecule has 1 unspecified atom stereocenters. The minimum absolute atomic E-state index is 0.163. The van der Waals surface area contributed by atoms with Gasteiger partial charge in [-0.3, -0.25) is 4.21 Å². The van der Waals surface area contributed by atoms with Gasteiger partial charge in [-0.15, -0.1) is 0 Å². The summed E-state index contributed by atoms with van der Waals surface area (Å²) in [5, 5.41) is 5.52. The van der Waals surface area contributed by atoms with E-state index in [9.17, 15) is 9.00 Å². The topological polar surface area (TPSA) is 84.2 Å². The van der Waals surface area contributed by atoms with Crippen molar-refractivity contribution in [2.45, 2.75) is 17.2 Å². The number of carbonyl (C=O) groups is 1. The lowest BCUT2D eigenvalue weighted by Gasteiger charge is -2.08. The van der Waals surface area contributed by atoms with Crippen LogP contribution in [0, 0.1) is 0 Å². The highest BCUT2D eigenvalue weighted by Gasteiger charge is 2.09. The first-order chi connectivity index (χ1) is 15.2. The van der Waals surface area contributed by atoms with E-state index in [0.717, 1.165) is 16.0 Å². The summed E-state index contributed by atoms with van der Waals surface area (Å²) < 4.78 is 18.2. The van der Waals surface area contributed by atoms with E-state index in [4.69, 9.17) is 4.42 Å². The monoisotopic (exact) mass is 431 g/mol. The Morgan fingerprint density at radius 3 is 2.45 bits per heavy atom. The van der Waals surface area contributed by atoms with Crippen molar-refractivity contribution in [1.82, 2.24) is 10.3 Å². The molecule has 3 aromatic carbocycles. The number of benzene rings is 3. The Labute approximate surface area is 182 Å². The van der Waals surface area contributed by atoms with Crippen LogP contribution in [0.3, 0.4) is 0 Å². The highest BCUT2D eigenvalue weighted by molar-refractivity contribution is 7.84. The lowest BCUT2D eigenvalue weighted by Crippen LogP contribution is -2.28. The van der Waals surface area contributed by atoms with Gasteiger partial charge in [0.2, 0.25) is 5.89 Å². The number of carbonyl (C=O) groups excluding carboxylic acids is 1. The van der Waals surface area contributed by atoms with Crippen molar-refractivity contribution in [3.8, 4) is 11.3 Å². The average molecular weight is 432 g/mol. The van der Waals surface area contributed by atoms with Gasteiger partial charge in [-0.2, -0.15) is 0 Å². The maximum Gasteiger partial charge on any atom is 0.319 e. The van der Waals surface area contributed by atoms with Crippen molar-refractivity contribution < 1.29 is 13.4 Å². The number of amides is 2. The molecule has 0 radical (unpaired) electrons. The summed E-state index contributed by atoms with van der Waals surface area (Å²) in [6, 6.07) is 25.9. The zero-order valence-corrected chi connectivity index (χ0v) is 17.5. The molecular formula is C24H21N3O3S. The van der Waals surface area contributed by atoms with E-state index < -0.39 is 10.8 Å². The number of aromatic nitrogens is 1. The molecule has 1 heterocycles. The second-order valence-electron chi connectivity index (χ2n) is 6.80. The molecule has 4 aromatic rings. The van der Waals surface area contributed by atoms with Gasteiger partial charge in [0.25, 0.3) is 0 Å². The highest BCUT2D eigenvalue weighted by Crippen LogP contribution is 2.20. The van der Waals surface area contributed by atoms with Gasteiger partial charge >= 0.3 is 6.03 Å². The third-order valence-electron chi connectivity index (χ3n) is 4.50. The van der Waals surface area contributed by atoms with Crippen molar-refractivity contribution in [2.24, 2.45) is 0 Å². The number of hydrogen-bond donors (Lipinski definition) is 2. The SMILES string of the molecule is O=C(NCc1ncc(-c2ccccc2)o1)Nc1cccc(CS(=O)c2ccccc2)c1. The van der Waals surface area contributed by atoms with Crippen LogP contribution < -0.4 is 10.6 Å². The van der Waals surface area contributed by atoms with Gasteiger partial charge < -0.3 is 15.1 Å². The summed E-state index contributed by atoms with van der Waals surface area (Å²) in [6.45, 7) is 0.163. The average Bonchev–Trinajstić information content (AvgIpc) is 3.28. The molecule has 6 nitrogen and oxygen atoms in total. The lowest BCUT2D eigenvalue weighted by molar-refractivity contribution is 0.250. The summed E-state index contributed by atoms with van der Waals surface area (Å²) in [5.41, 5.74) is 2.42. The largest absolute Gasteiger partial charge is 0.439 e. The van der Waals surface area contributed by atoms with E-state index in [1.807, 2.05) is 78.9 Å². The fourth-order valence-corrected chi connectivity index (χ4v) is 4.11. The van der Waals surface area contributed by atoms with Crippen molar-refractivity contribution in [2.75, 3.05) is 5.32 Å². The Bertz CT molecular complexity index is 1180. The number of nitrogens with zero attached hydrogens (tertiary/aromatic N) is 1. The Morgan fingerprint density at radius 2 is 1.68 bits per heavy atom. The standard InChI is InChI=1S/C24H21N3O3S/c28-24(26-16-23-25-15-22(30-23)19-9-3-1-4-10-19)27-20-11-7-8-18(14-20)17-31(29)21-12-5-2-6-13-21/h1-15H,16-17H2,(H2,26,27,28). The Hall–Kier alpha value is -3.71. The smallest absolute Gasteiger partial charge is 0.319 e.